The van der Waals surface area contributed by atoms with Gasteiger partial charge in [0.2, 0.25) is 5.91 Å². The number of nitrogens with zero attached hydrogens (tertiary/aromatic N) is 1. The fraction of sp³-hybridized carbons (Fsp3) is 0.350. The number of para-hydroxylation sites is 2. The summed E-state index contributed by atoms with van der Waals surface area (Å²) in [5.74, 6) is 1.28. The van der Waals surface area contributed by atoms with Gasteiger partial charge in [-0.3, -0.25) is 4.79 Å². The maximum absolute atomic E-state index is 12.1. The van der Waals surface area contributed by atoms with Crippen molar-refractivity contribution in [3.05, 3.63) is 60.2 Å². The Bertz CT molecular complexity index is 659. The third kappa shape index (κ3) is 5.80. The molecule has 1 N–H and O–H groups in total. The minimum atomic E-state index is -0.0299. The minimum absolute atomic E-state index is 0.0299. The van der Waals surface area contributed by atoms with Crippen molar-refractivity contribution in [1.82, 2.24) is 10.2 Å². The summed E-state index contributed by atoms with van der Waals surface area (Å²) >= 11 is 0. The van der Waals surface area contributed by atoms with Gasteiger partial charge in [0.05, 0.1) is 26.2 Å². The van der Waals surface area contributed by atoms with Crippen LogP contribution >= 0.6 is 0 Å². The number of ether oxygens (including phenoxy) is 2. The van der Waals surface area contributed by atoms with Gasteiger partial charge < -0.3 is 19.7 Å². The average molecular weight is 342 g/mol. The Hall–Kier alpha value is -2.53. The molecule has 1 unspecified atom stereocenters. The molecule has 0 heterocycles. The van der Waals surface area contributed by atoms with E-state index in [1.54, 1.807) is 7.11 Å². The van der Waals surface area contributed by atoms with Gasteiger partial charge in [0.1, 0.15) is 0 Å². The van der Waals surface area contributed by atoms with Crippen molar-refractivity contribution >= 4 is 5.91 Å². The first-order valence-corrected chi connectivity index (χ1v) is 8.35. The van der Waals surface area contributed by atoms with Crippen LogP contribution in [0.3, 0.4) is 0 Å². The van der Waals surface area contributed by atoms with Crippen LogP contribution in [0.5, 0.6) is 11.5 Å². The summed E-state index contributed by atoms with van der Waals surface area (Å²) in [7, 11) is 5.61. The van der Waals surface area contributed by atoms with Crippen LogP contribution < -0.4 is 14.8 Å². The van der Waals surface area contributed by atoms with Crippen LogP contribution in [-0.4, -0.2) is 45.2 Å². The van der Waals surface area contributed by atoms with Gasteiger partial charge in [0.25, 0.3) is 0 Å². The van der Waals surface area contributed by atoms with Gasteiger partial charge in [-0.1, -0.05) is 42.5 Å². The lowest BCUT2D eigenvalue weighted by atomic mass is 10.1. The molecule has 1 atom stereocenters. The molecule has 5 heteroatoms. The molecular weight excluding hydrogens is 316 g/mol. The van der Waals surface area contributed by atoms with Gasteiger partial charge in [-0.2, -0.15) is 0 Å². The molecule has 0 radical (unpaired) electrons. The Morgan fingerprint density at radius 3 is 2.32 bits per heavy atom. The highest BCUT2D eigenvalue weighted by Crippen LogP contribution is 2.25. The summed E-state index contributed by atoms with van der Waals surface area (Å²) in [5, 5.41) is 2.99. The second-order valence-electron chi connectivity index (χ2n) is 5.94. The molecule has 0 aromatic heterocycles. The smallest absolute Gasteiger partial charge is 0.223 e. The molecule has 0 saturated carbocycles. The molecule has 2 aromatic carbocycles. The number of methoxy groups -OCH3 is 1. The molecule has 5 nitrogen and oxygen atoms in total. The molecule has 0 aliphatic heterocycles. The number of nitrogens with one attached hydrogen (secondary N) is 1. The van der Waals surface area contributed by atoms with Gasteiger partial charge >= 0.3 is 0 Å². The summed E-state index contributed by atoms with van der Waals surface area (Å²) in [6.07, 6.45) is 0.299. The van der Waals surface area contributed by atoms with Gasteiger partial charge in [-0.05, 0) is 31.8 Å². The Labute approximate surface area is 149 Å². The lowest BCUT2D eigenvalue weighted by Crippen LogP contribution is -2.35. The van der Waals surface area contributed by atoms with Gasteiger partial charge in [0, 0.05) is 6.54 Å². The molecular formula is C20H26N2O3. The van der Waals surface area contributed by atoms with Crippen molar-refractivity contribution in [2.75, 3.05) is 34.4 Å². The first kappa shape index (κ1) is 18.8. The highest BCUT2D eigenvalue weighted by Gasteiger charge is 2.15. The van der Waals surface area contributed by atoms with E-state index in [1.807, 2.05) is 56.6 Å². The third-order valence-electron chi connectivity index (χ3n) is 3.96. The molecule has 1 amide bonds. The molecule has 25 heavy (non-hydrogen) atoms. The Balaban J connectivity index is 1.79. The Kier molecular flexibility index (Phi) is 7.29. The number of hydrogen-bond acceptors (Lipinski definition) is 4. The number of carbonyl (C=O) groups excluding carboxylic acids is 1. The molecule has 0 saturated heterocycles. The maximum Gasteiger partial charge on any atom is 0.223 e. The molecule has 0 bridgehead atoms. The van der Waals surface area contributed by atoms with Crippen molar-refractivity contribution in [1.29, 1.82) is 0 Å². The van der Waals surface area contributed by atoms with Crippen molar-refractivity contribution in [2.24, 2.45) is 0 Å². The zero-order valence-electron chi connectivity index (χ0n) is 15.1. The van der Waals surface area contributed by atoms with Crippen LogP contribution in [-0.2, 0) is 4.79 Å². The largest absolute Gasteiger partial charge is 0.493 e. The number of likely N-dealkylation sites (N-methyl/N-ethyl adjacent to an activating group) is 1. The quantitative estimate of drug-likeness (QED) is 0.761. The monoisotopic (exact) mass is 342 g/mol. The summed E-state index contributed by atoms with van der Waals surface area (Å²) < 4.78 is 10.9. The number of carbonyl (C=O) groups is 1. The molecule has 0 fully saturated rings. The average Bonchev–Trinajstić information content (AvgIpc) is 2.63. The fourth-order valence-electron chi connectivity index (χ4n) is 2.56. The van der Waals surface area contributed by atoms with E-state index in [9.17, 15) is 4.79 Å². The molecule has 134 valence electrons. The Morgan fingerprint density at radius 2 is 1.68 bits per heavy atom. The van der Waals surface area contributed by atoms with Gasteiger partial charge in [0.15, 0.2) is 11.5 Å². The highest BCUT2D eigenvalue weighted by atomic mass is 16.5. The first-order valence-electron chi connectivity index (χ1n) is 8.35. The van der Waals surface area contributed by atoms with Crippen LogP contribution in [0.4, 0.5) is 0 Å². The predicted molar refractivity (Wildman–Crippen MR) is 99.0 cm³/mol. The van der Waals surface area contributed by atoms with Crippen LogP contribution in [0.15, 0.2) is 54.6 Å². The van der Waals surface area contributed by atoms with E-state index in [1.165, 1.54) is 5.56 Å². The number of hydrogen-bond donors (Lipinski definition) is 1. The minimum Gasteiger partial charge on any atom is -0.493 e. The van der Waals surface area contributed by atoms with E-state index in [2.05, 4.69) is 22.3 Å². The summed E-state index contributed by atoms with van der Waals surface area (Å²) in [6.45, 7) is 0.870. The first-order chi connectivity index (χ1) is 12.1. The molecule has 0 spiro atoms. The van der Waals surface area contributed by atoms with E-state index in [-0.39, 0.29) is 11.9 Å². The van der Waals surface area contributed by atoms with Crippen LogP contribution in [0, 0.1) is 0 Å². The highest BCUT2D eigenvalue weighted by molar-refractivity contribution is 5.76. The zero-order valence-corrected chi connectivity index (χ0v) is 15.1. The number of benzene rings is 2. The topological polar surface area (TPSA) is 50.8 Å². The van der Waals surface area contributed by atoms with Crippen molar-refractivity contribution < 1.29 is 14.3 Å². The summed E-state index contributed by atoms with van der Waals surface area (Å²) in [6, 6.07) is 17.7. The fourth-order valence-corrected chi connectivity index (χ4v) is 2.56. The Morgan fingerprint density at radius 1 is 1.04 bits per heavy atom. The van der Waals surface area contributed by atoms with E-state index in [4.69, 9.17) is 9.47 Å². The normalized spacial score (nSPS) is 11.8. The van der Waals surface area contributed by atoms with Crippen molar-refractivity contribution in [3.8, 4) is 11.5 Å². The zero-order chi connectivity index (χ0) is 18.1. The lowest BCUT2D eigenvalue weighted by molar-refractivity contribution is -0.121. The number of rotatable bonds is 9. The molecule has 0 aliphatic rings. The van der Waals surface area contributed by atoms with Crippen LogP contribution in [0.25, 0.3) is 0 Å². The van der Waals surface area contributed by atoms with Crippen LogP contribution in [0.1, 0.15) is 18.0 Å². The summed E-state index contributed by atoms with van der Waals surface area (Å²) in [4.78, 5) is 14.2. The molecule has 2 rings (SSSR count). The molecule has 0 aliphatic carbocycles. The van der Waals surface area contributed by atoms with E-state index in [0.29, 0.717) is 31.1 Å². The summed E-state index contributed by atoms with van der Waals surface area (Å²) in [5.41, 5.74) is 1.18. The second kappa shape index (κ2) is 9.69. The predicted octanol–water partition coefficient (Wildman–Crippen LogP) is 2.88. The molecule has 2 aromatic rings. The second-order valence-corrected chi connectivity index (χ2v) is 5.94. The van der Waals surface area contributed by atoms with E-state index in [0.717, 1.165) is 0 Å². The van der Waals surface area contributed by atoms with Gasteiger partial charge in [-0.15, -0.1) is 0 Å². The maximum atomic E-state index is 12.1. The van der Waals surface area contributed by atoms with Gasteiger partial charge in [-0.25, -0.2) is 0 Å². The lowest BCUT2D eigenvalue weighted by Gasteiger charge is -2.25. The SMILES string of the molecule is COc1ccccc1OCCC(=O)NCC(c1ccccc1)N(C)C. The van der Waals surface area contributed by atoms with E-state index < -0.39 is 0 Å². The van der Waals surface area contributed by atoms with E-state index >= 15 is 0 Å². The third-order valence-corrected chi connectivity index (χ3v) is 3.96. The van der Waals surface area contributed by atoms with Crippen LogP contribution in [0.2, 0.25) is 0 Å². The van der Waals surface area contributed by atoms with Crippen molar-refractivity contribution in [2.45, 2.75) is 12.5 Å². The standard InChI is InChI=1S/C20H26N2O3/c1-22(2)17(16-9-5-4-6-10-16)15-21-20(23)13-14-25-19-12-8-7-11-18(19)24-3/h4-12,17H,13-15H2,1-3H3,(H,21,23). The number of amides is 1. The van der Waals surface area contributed by atoms with Crippen molar-refractivity contribution in [3.63, 3.8) is 0 Å².